The third-order valence-corrected chi connectivity index (χ3v) is 4.35. The summed E-state index contributed by atoms with van der Waals surface area (Å²) in [6, 6.07) is 5.60. The maximum atomic E-state index is 12.4. The Labute approximate surface area is 139 Å². The number of esters is 1. The fourth-order valence-electron chi connectivity index (χ4n) is 2.83. The minimum Gasteiger partial charge on any atom is -0.469 e. The Balaban J connectivity index is 1.96. The van der Waals surface area contributed by atoms with E-state index in [2.05, 4.69) is 5.32 Å². The molecule has 1 aromatic rings. The van der Waals surface area contributed by atoms with E-state index in [1.54, 1.807) is 19.1 Å². The molecule has 1 saturated heterocycles. The second-order valence-corrected chi connectivity index (χ2v) is 5.77. The number of nitro groups is 1. The molecule has 1 amide bonds. The smallest absolute Gasteiger partial charge is 0.308 e. The number of hydrogen-bond donors (Lipinski definition) is 1. The molecule has 2 rings (SSSR count). The topological polar surface area (TPSA) is 102 Å². The number of anilines is 1. The molecule has 1 N–H and O–H groups in total. The Kier molecular flexibility index (Phi) is 5.86. The first-order valence-electron chi connectivity index (χ1n) is 7.80. The SMILES string of the molecule is COC(=O)C1CCN([C@H](C)C(=O)Nc2ccccc2[N+](=O)[O-])CC1. The highest BCUT2D eigenvalue weighted by atomic mass is 16.6. The normalized spacial score (nSPS) is 17.1. The lowest BCUT2D eigenvalue weighted by Gasteiger charge is -2.34. The number of nitro benzene ring substituents is 1. The van der Waals surface area contributed by atoms with E-state index in [9.17, 15) is 19.7 Å². The van der Waals surface area contributed by atoms with Gasteiger partial charge in [-0.05, 0) is 38.9 Å². The highest BCUT2D eigenvalue weighted by molar-refractivity contribution is 5.96. The first-order valence-corrected chi connectivity index (χ1v) is 7.80. The fourth-order valence-corrected chi connectivity index (χ4v) is 2.83. The molecule has 1 heterocycles. The standard InChI is InChI=1S/C16H21N3O5/c1-11(18-9-7-12(8-10-18)16(21)24-2)15(20)17-13-5-3-4-6-14(13)19(22)23/h3-6,11-12H,7-10H2,1-2H3,(H,17,20)/t11-/m1/s1. The molecule has 8 heteroatoms. The Hall–Kier alpha value is -2.48. The number of benzene rings is 1. The highest BCUT2D eigenvalue weighted by Gasteiger charge is 2.30. The van der Waals surface area contributed by atoms with Crippen LogP contribution in [0.3, 0.4) is 0 Å². The van der Waals surface area contributed by atoms with Crippen LogP contribution in [0, 0.1) is 16.0 Å². The first kappa shape index (κ1) is 17.9. The van der Waals surface area contributed by atoms with Crippen molar-refractivity contribution in [1.82, 2.24) is 4.90 Å². The molecule has 130 valence electrons. The van der Waals surface area contributed by atoms with Gasteiger partial charge in [0, 0.05) is 6.07 Å². The molecule has 24 heavy (non-hydrogen) atoms. The molecule has 8 nitrogen and oxygen atoms in total. The molecule has 1 aromatic carbocycles. The van der Waals surface area contributed by atoms with Crippen LogP contribution in [0.5, 0.6) is 0 Å². The Morgan fingerprint density at radius 2 is 1.96 bits per heavy atom. The molecule has 0 saturated carbocycles. The summed E-state index contributed by atoms with van der Waals surface area (Å²) in [6.45, 7) is 2.96. The number of ether oxygens (including phenoxy) is 1. The summed E-state index contributed by atoms with van der Waals surface area (Å²) in [4.78, 5) is 36.4. The fraction of sp³-hybridized carbons (Fsp3) is 0.500. The molecule has 1 aliphatic heterocycles. The molecule has 0 bridgehead atoms. The number of carbonyl (C=O) groups is 2. The van der Waals surface area contributed by atoms with Crippen molar-refractivity contribution in [1.29, 1.82) is 0 Å². The minimum absolute atomic E-state index is 0.128. The quantitative estimate of drug-likeness (QED) is 0.500. The van der Waals surface area contributed by atoms with E-state index in [0.717, 1.165) is 0 Å². The Morgan fingerprint density at radius 1 is 1.33 bits per heavy atom. The third-order valence-electron chi connectivity index (χ3n) is 4.35. The van der Waals surface area contributed by atoms with Gasteiger partial charge in [-0.1, -0.05) is 12.1 Å². The van der Waals surface area contributed by atoms with Crippen LogP contribution in [0.2, 0.25) is 0 Å². The van der Waals surface area contributed by atoms with Crippen molar-refractivity contribution in [2.24, 2.45) is 5.92 Å². The van der Waals surface area contributed by atoms with Gasteiger partial charge in [0.15, 0.2) is 0 Å². The number of nitrogens with zero attached hydrogens (tertiary/aromatic N) is 2. The number of methoxy groups -OCH3 is 1. The lowest BCUT2D eigenvalue weighted by molar-refractivity contribution is -0.383. The van der Waals surface area contributed by atoms with Crippen molar-refractivity contribution in [3.63, 3.8) is 0 Å². The second kappa shape index (κ2) is 7.87. The van der Waals surface area contributed by atoms with Crippen molar-refractivity contribution < 1.29 is 19.2 Å². The van der Waals surface area contributed by atoms with Crippen LogP contribution in [0.25, 0.3) is 0 Å². The number of likely N-dealkylation sites (tertiary alicyclic amines) is 1. The van der Waals surface area contributed by atoms with Gasteiger partial charge in [-0.15, -0.1) is 0 Å². The lowest BCUT2D eigenvalue weighted by Crippen LogP contribution is -2.47. The van der Waals surface area contributed by atoms with Crippen molar-refractivity contribution >= 4 is 23.3 Å². The highest BCUT2D eigenvalue weighted by Crippen LogP contribution is 2.24. The molecule has 0 unspecified atom stereocenters. The zero-order chi connectivity index (χ0) is 17.7. The predicted octanol–water partition coefficient (Wildman–Crippen LogP) is 1.81. The van der Waals surface area contributed by atoms with E-state index in [4.69, 9.17) is 4.74 Å². The number of para-hydroxylation sites is 2. The van der Waals surface area contributed by atoms with Gasteiger partial charge in [0.25, 0.3) is 5.69 Å². The summed E-state index contributed by atoms with van der Waals surface area (Å²) in [6.07, 6.45) is 1.27. The molecular formula is C16H21N3O5. The summed E-state index contributed by atoms with van der Waals surface area (Å²) < 4.78 is 4.75. The summed E-state index contributed by atoms with van der Waals surface area (Å²) in [5.41, 5.74) is 0.0475. The van der Waals surface area contributed by atoms with Crippen molar-refractivity contribution in [2.45, 2.75) is 25.8 Å². The largest absolute Gasteiger partial charge is 0.469 e. The van der Waals surface area contributed by atoms with Gasteiger partial charge < -0.3 is 10.1 Å². The minimum atomic E-state index is -0.526. The lowest BCUT2D eigenvalue weighted by atomic mass is 9.96. The van der Waals surface area contributed by atoms with Crippen LogP contribution in [0.4, 0.5) is 11.4 Å². The molecular weight excluding hydrogens is 314 g/mol. The van der Waals surface area contributed by atoms with Crippen LogP contribution in [0.15, 0.2) is 24.3 Å². The van der Waals surface area contributed by atoms with E-state index >= 15 is 0 Å². The molecule has 0 spiro atoms. The van der Waals surface area contributed by atoms with Crippen molar-refractivity contribution in [2.75, 3.05) is 25.5 Å². The van der Waals surface area contributed by atoms with Gasteiger partial charge in [-0.2, -0.15) is 0 Å². The van der Waals surface area contributed by atoms with E-state index < -0.39 is 11.0 Å². The number of rotatable bonds is 5. The Morgan fingerprint density at radius 3 is 2.54 bits per heavy atom. The number of piperidine rings is 1. The van der Waals surface area contributed by atoms with Crippen LogP contribution < -0.4 is 5.32 Å². The van der Waals surface area contributed by atoms with Gasteiger partial charge in [-0.25, -0.2) is 0 Å². The van der Waals surface area contributed by atoms with Gasteiger partial charge in [0.1, 0.15) is 5.69 Å². The van der Waals surface area contributed by atoms with E-state index in [1.807, 2.05) is 4.90 Å². The number of amides is 1. The maximum absolute atomic E-state index is 12.4. The molecule has 0 aliphatic carbocycles. The number of hydrogen-bond acceptors (Lipinski definition) is 6. The number of carbonyl (C=O) groups excluding carboxylic acids is 2. The van der Waals surface area contributed by atoms with Gasteiger partial charge >= 0.3 is 5.97 Å². The monoisotopic (exact) mass is 335 g/mol. The van der Waals surface area contributed by atoms with E-state index in [0.29, 0.717) is 25.9 Å². The van der Waals surface area contributed by atoms with Crippen molar-refractivity contribution in [3.8, 4) is 0 Å². The van der Waals surface area contributed by atoms with Gasteiger partial charge in [0.2, 0.25) is 5.91 Å². The van der Waals surface area contributed by atoms with Gasteiger partial charge in [-0.3, -0.25) is 24.6 Å². The summed E-state index contributed by atoms with van der Waals surface area (Å²) in [5, 5.41) is 13.6. The Bertz CT molecular complexity index is 626. The van der Waals surface area contributed by atoms with Crippen molar-refractivity contribution in [3.05, 3.63) is 34.4 Å². The summed E-state index contributed by atoms with van der Waals surface area (Å²) in [7, 11) is 1.37. The second-order valence-electron chi connectivity index (χ2n) is 5.77. The molecule has 0 aromatic heterocycles. The summed E-state index contributed by atoms with van der Waals surface area (Å²) >= 11 is 0. The maximum Gasteiger partial charge on any atom is 0.308 e. The number of nitrogens with one attached hydrogen (secondary N) is 1. The van der Waals surface area contributed by atoms with Crippen LogP contribution in [-0.2, 0) is 14.3 Å². The average molecular weight is 335 g/mol. The predicted molar refractivity (Wildman–Crippen MR) is 87.5 cm³/mol. The molecule has 1 atom stereocenters. The zero-order valence-electron chi connectivity index (χ0n) is 13.7. The van der Waals surface area contributed by atoms with Crippen LogP contribution in [-0.4, -0.2) is 47.9 Å². The van der Waals surface area contributed by atoms with Crippen LogP contribution >= 0.6 is 0 Å². The molecule has 1 aliphatic rings. The zero-order valence-corrected chi connectivity index (χ0v) is 13.7. The molecule has 0 radical (unpaired) electrons. The molecule has 1 fully saturated rings. The average Bonchev–Trinajstić information content (AvgIpc) is 2.60. The third kappa shape index (κ3) is 4.08. The van der Waals surface area contributed by atoms with Gasteiger partial charge in [0.05, 0.1) is 24.0 Å². The van der Waals surface area contributed by atoms with Crippen LogP contribution in [0.1, 0.15) is 19.8 Å². The summed E-state index contributed by atoms with van der Waals surface area (Å²) in [5.74, 6) is -0.649. The first-order chi connectivity index (χ1) is 11.4. The van der Waals surface area contributed by atoms with E-state index in [-0.39, 0.29) is 29.2 Å². The van der Waals surface area contributed by atoms with E-state index in [1.165, 1.54) is 19.2 Å².